The molecule has 1 aliphatic carbocycles. The van der Waals surface area contributed by atoms with Gasteiger partial charge in [0.2, 0.25) is 0 Å². The Labute approximate surface area is 102 Å². The fourth-order valence-corrected chi connectivity index (χ4v) is 2.75. The maximum atomic E-state index is 13.9. The van der Waals surface area contributed by atoms with E-state index >= 15 is 0 Å². The Bertz CT molecular complexity index is 400. The van der Waals surface area contributed by atoms with Crippen molar-refractivity contribution >= 4 is 15.9 Å². The second-order valence-electron chi connectivity index (χ2n) is 4.43. The van der Waals surface area contributed by atoms with Gasteiger partial charge in [-0.15, -0.1) is 0 Å². The Morgan fingerprint density at radius 1 is 1.12 bits per heavy atom. The molecule has 88 valence electrons. The van der Waals surface area contributed by atoms with Crippen molar-refractivity contribution in [2.24, 2.45) is 5.73 Å². The summed E-state index contributed by atoms with van der Waals surface area (Å²) < 4.78 is 27.9. The van der Waals surface area contributed by atoms with E-state index < -0.39 is 17.2 Å². The SMILES string of the molecule is NC1(c2c(F)ccc(Br)c2F)CCCCC1. The highest BCUT2D eigenvalue weighted by atomic mass is 79.9. The standard InChI is InChI=1S/C12H14BrF2N/c13-8-4-5-9(14)10(11(8)15)12(16)6-2-1-3-7-12/h4-5H,1-3,6-7,16H2. The molecule has 0 radical (unpaired) electrons. The van der Waals surface area contributed by atoms with E-state index in [0.29, 0.717) is 12.8 Å². The van der Waals surface area contributed by atoms with E-state index in [1.165, 1.54) is 12.1 Å². The van der Waals surface area contributed by atoms with Crippen molar-refractivity contribution in [1.82, 2.24) is 0 Å². The molecule has 0 saturated heterocycles. The monoisotopic (exact) mass is 289 g/mol. The molecule has 1 fully saturated rings. The predicted molar refractivity (Wildman–Crippen MR) is 63.0 cm³/mol. The Kier molecular flexibility index (Phi) is 3.31. The van der Waals surface area contributed by atoms with Gasteiger partial charge in [0.1, 0.15) is 11.6 Å². The Balaban J connectivity index is 2.49. The first kappa shape index (κ1) is 12.0. The third-order valence-corrected chi connectivity index (χ3v) is 3.90. The molecule has 1 nitrogen and oxygen atoms in total. The third-order valence-electron chi connectivity index (χ3n) is 3.29. The van der Waals surface area contributed by atoms with Crippen LogP contribution in [-0.4, -0.2) is 0 Å². The van der Waals surface area contributed by atoms with Crippen LogP contribution in [-0.2, 0) is 5.54 Å². The molecule has 0 unspecified atom stereocenters. The molecule has 0 aliphatic heterocycles. The molecule has 1 aliphatic rings. The van der Waals surface area contributed by atoms with Crippen molar-refractivity contribution < 1.29 is 8.78 Å². The molecule has 0 aromatic heterocycles. The van der Waals surface area contributed by atoms with Gasteiger partial charge in [0, 0.05) is 11.1 Å². The highest BCUT2D eigenvalue weighted by molar-refractivity contribution is 9.10. The fraction of sp³-hybridized carbons (Fsp3) is 0.500. The Morgan fingerprint density at radius 3 is 2.38 bits per heavy atom. The number of hydrogen-bond donors (Lipinski definition) is 1. The molecule has 0 bridgehead atoms. The lowest BCUT2D eigenvalue weighted by Gasteiger charge is -2.34. The average Bonchev–Trinajstić information content (AvgIpc) is 2.25. The largest absolute Gasteiger partial charge is 0.321 e. The van der Waals surface area contributed by atoms with Crippen LogP contribution >= 0.6 is 15.9 Å². The van der Waals surface area contributed by atoms with Crippen molar-refractivity contribution in [3.05, 3.63) is 33.8 Å². The zero-order valence-corrected chi connectivity index (χ0v) is 10.5. The number of benzene rings is 1. The summed E-state index contributed by atoms with van der Waals surface area (Å²) in [5.41, 5.74) is 5.36. The van der Waals surface area contributed by atoms with E-state index in [0.717, 1.165) is 19.3 Å². The third kappa shape index (κ3) is 2.00. The summed E-state index contributed by atoms with van der Waals surface area (Å²) in [6, 6.07) is 2.64. The lowest BCUT2D eigenvalue weighted by molar-refractivity contribution is 0.282. The van der Waals surface area contributed by atoms with Crippen LogP contribution < -0.4 is 5.73 Å². The summed E-state index contributed by atoms with van der Waals surface area (Å²) in [6.07, 6.45) is 4.26. The normalized spacial score (nSPS) is 19.8. The van der Waals surface area contributed by atoms with Crippen LogP contribution in [0.1, 0.15) is 37.7 Å². The summed E-state index contributed by atoms with van der Waals surface area (Å²) >= 11 is 3.07. The van der Waals surface area contributed by atoms with Gasteiger partial charge in [-0.2, -0.15) is 0 Å². The number of hydrogen-bond acceptors (Lipinski definition) is 1. The molecule has 1 saturated carbocycles. The highest BCUT2D eigenvalue weighted by Gasteiger charge is 2.35. The molecule has 2 rings (SSSR count). The van der Waals surface area contributed by atoms with E-state index in [1.54, 1.807) is 0 Å². The van der Waals surface area contributed by atoms with Crippen LogP contribution in [0.25, 0.3) is 0 Å². The molecule has 0 amide bonds. The van der Waals surface area contributed by atoms with Crippen LogP contribution in [0.5, 0.6) is 0 Å². The molecular weight excluding hydrogens is 276 g/mol. The smallest absolute Gasteiger partial charge is 0.145 e. The number of rotatable bonds is 1. The second-order valence-corrected chi connectivity index (χ2v) is 5.29. The zero-order valence-electron chi connectivity index (χ0n) is 8.90. The van der Waals surface area contributed by atoms with Gasteiger partial charge < -0.3 is 5.73 Å². The predicted octanol–water partition coefficient (Wildman–Crippen LogP) is 3.85. The van der Waals surface area contributed by atoms with Gasteiger partial charge in [-0.1, -0.05) is 19.3 Å². The molecule has 0 spiro atoms. The van der Waals surface area contributed by atoms with E-state index in [2.05, 4.69) is 15.9 Å². The average molecular weight is 290 g/mol. The van der Waals surface area contributed by atoms with Gasteiger partial charge in [-0.3, -0.25) is 0 Å². The summed E-state index contributed by atoms with van der Waals surface area (Å²) in [7, 11) is 0. The number of nitrogens with two attached hydrogens (primary N) is 1. The fourth-order valence-electron chi connectivity index (χ4n) is 2.42. The molecule has 2 N–H and O–H groups in total. The van der Waals surface area contributed by atoms with Crippen LogP contribution in [0.15, 0.2) is 16.6 Å². The van der Waals surface area contributed by atoms with Crippen LogP contribution in [0, 0.1) is 11.6 Å². The van der Waals surface area contributed by atoms with Gasteiger partial charge in [0.05, 0.1) is 4.47 Å². The first-order valence-corrected chi connectivity index (χ1v) is 6.27. The van der Waals surface area contributed by atoms with E-state index in [-0.39, 0.29) is 10.0 Å². The van der Waals surface area contributed by atoms with Crippen molar-refractivity contribution in [3.63, 3.8) is 0 Å². The molecule has 1 aromatic rings. The van der Waals surface area contributed by atoms with Crippen molar-refractivity contribution in [1.29, 1.82) is 0 Å². The van der Waals surface area contributed by atoms with E-state index in [1.807, 2.05) is 0 Å². The van der Waals surface area contributed by atoms with Crippen LogP contribution in [0.4, 0.5) is 8.78 Å². The second kappa shape index (κ2) is 4.41. The first-order chi connectivity index (χ1) is 7.54. The van der Waals surface area contributed by atoms with Crippen molar-refractivity contribution in [2.45, 2.75) is 37.6 Å². The maximum Gasteiger partial charge on any atom is 0.145 e. The summed E-state index contributed by atoms with van der Waals surface area (Å²) in [5, 5.41) is 0. The first-order valence-electron chi connectivity index (χ1n) is 5.47. The van der Waals surface area contributed by atoms with E-state index in [9.17, 15) is 8.78 Å². The summed E-state index contributed by atoms with van der Waals surface area (Å²) in [5.74, 6) is -1.09. The quantitative estimate of drug-likeness (QED) is 0.781. The Hall–Kier alpha value is -0.480. The minimum Gasteiger partial charge on any atom is -0.321 e. The van der Waals surface area contributed by atoms with Gasteiger partial charge in [-0.25, -0.2) is 8.78 Å². The molecular formula is C12H14BrF2N. The Morgan fingerprint density at radius 2 is 1.75 bits per heavy atom. The molecule has 0 heterocycles. The van der Waals surface area contributed by atoms with Gasteiger partial charge in [0.25, 0.3) is 0 Å². The molecule has 1 aromatic carbocycles. The minimum atomic E-state index is -0.837. The lowest BCUT2D eigenvalue weighted by atomic mass is 9.77. The van der Waals surface area contributed by atoms with Crippen molar-refractivity contribution in [3.8, 4) is 0 Å². The topological polar surface area (TPSA) is 26.0 Å². The molecule has 16 heavy (non-hydrogen) atoms. The lowest BCUT2D eigenvalue weighted by Crippen LogP contribution is -2.40. The highest BCUT2D eigenvalue weighted by Crippen LogP contribution is 2.38. The van der Waals surface area contributed by atoms with E-state index in [4.69, 9.17) is 5.73 Å². The van der Waals surface area contributed by atoms with Gasteiger partial charge in [-0.05, 0) is 40.9 Å². The zero-order chi connectivity index (χ0) is 11.8. The summed E-state index contributed by atoms with van der Waals surface area (Å²) in [6.45, 7) is 0. The number of halogens is 3. The van der Waals surface area contributed by atoms with Crippen LogP contribution in [0.3, 0.4) is 0 Å². The molecule has 4 heteroatoms. The minimum absolute atomic E-state index is 0.0431. The summed E-state index contributed by atoms with van der Waals surface area (Å²) in [4.78, 5) is 0. The van der Waals surface area contributed by atoms with Gasteiger partial charge in [0.15, 0.2) is 0 Å². The van der Waals surface area contributed by atoms with Crippen LogP contribution in [0.2, 0.25) is 0 Å². The van der Waals surface area contributed by atoms with Crippen molar-refractivity contribution in [2.75, 3.05) is 0 Å². The molecule has 0 atom stereocenters. The van der Waals surface area contributed by atoms with Gasteiger partial charge >= 0.3 is 0 Å². The maximum absolute atomic E-state index is 13.9.